The third-order valence-electron chi connectivity index (χ3n) is 2.25. The molecule has 1 heteroatoms. The minimum absolute atomic E-state index is 0.141. The van der Waals surface area contributed by atoms with E-state index in [1.807, 2.05) is 6.92 Å². The maximum Gasteiger partial charge on any atom is 0.0991 e. The molecule has 0 aliphatic heterocycles. The SMILES string of the molecule is CCC1CCC(F)=C1C. The molecule has 0 heterocycles. The Morgan fingerprint density at radius 3 is 2.56 bits per heavy atom. The molecule has 0 aromatic rings. The van der Waals surface area contributed by atoms with Gasteiger partial charge in [-0.05, 0) is 37.7 Å². The van der Waals surface area contributed by atoms with Gasteiger partial charge in [-0.1, -0.05) is 6.92 Å². The van der Waals surface area contributed by atoms with Gasteiger partial charge in [-0.25, -0.2) is 4.39 Å². The molecule has 0 aromatic heterocycles. The van der Waals surface area contributed by atoms with Crippen molar-refractivity contribution in [1.82, 2.24) is 0 Å². The van der Waals surface area contributed by atoms with Crippen molar-refractivity contribution in [3.05, 3.63) is 11.4 Å². The molecule has 1 atom stereocenters. The summed E-state index contributed by atoms with van der Waals surface area (Å²) >= 11 is 0. The van der Waals surface area contributed by atoms with E-state index in [-0.39, 0.29) is 5.83 Å². The summed E-state index contributed by atoms with van der Waals surface area (Å²) in [5.41, 5.74) is 0.998. The van der Waals surface area contributed by atoms with Crippen molar-refractivity contribution in [2.24, 2.45) is 5.92 Å². The zero-order valence-corrected chi connectivity index (χ0v) is 6.08. The summed E-state index contributed by atoms with van der Waals surface area (Å²) < 4.78 is 12.6. The molecule has 0 radical (unpaired) electrons. The van der Waals surface area contributed by atoms with Gasteiger partial charge in [0.2, 0.25) is 0 Å². The topological polar surface area (TPSA) is 0 Å². The summed E-state index contributed by atoms with van der Waals surface area (Å²) in [7, 11) is 0. The maximum atomic E-state index is 12.6. The van der Waals surface area contributed by atoms with E-state index in [1.54, 1.807) is 0 Å². The molecule has 0 saturated heterocycles. The predicted molar refractivity (Wildman–Crippen MR) is 36.8 cm³/mol. The van der Waals surface area contributed by atoms with Crippen LogP contribution in [0.3, 0.4) is 0 Å². The number of hydrogen-bond acceptors (Lipinski definition) is 0. The molecule has 0 saturated carbocycles. The highest BCUT2D eigenvalue weighted by molar-refractivity contribution is 5.14. The van der Waals surface area contributed by atoms with Crippen molar-refractivity contribution in [2.45, 2.75) is 33.1 Å². The molecular weight excluding hydrogens is 115 g/mol. The van der Waals surface area contributed by atoms with Gasteiger partial charge in [0.05, 0.1) is 5.83 Å². The fraction of sp³-hybridized carbons (Fsp3) is 0.750. The van der Waals surface area contributed by atoms with E-state index >= 15 is 0 Å². The van der Waals surface area contributed by atoms with E-state index in [2.05, 4.69) is 6.92 Å². The molecular formula is C8H13F. The zero-order valence-electron chi connectivity index (χ0n) is 6.08. The van der Waals surface area contributed by atoms with Crippen LogP contribution in [0.1, 0.15) is 33.1 Å². The van der Waals surface area contributed by atoms with Crippen molar-refractivity contribution in [2.75, 3.05) is 0 Å². The van der Waals surface area contributed by atoms with Gasteiger partial charge in [-0.2, -0.15) is 0 Å². The summed E-state index contributed by atoms with van der Waals surface area (Å²) in [6.45, 7) is 4.03. The summed E-state index contributed by atoms with van der Waals surface area (Å²) in [6, 6.07) is 0. The van der Waals surface area contributed by atoms with Gasteiger partial charge in [0.15, 0.2) is 0 Å². The molecule has 0 bridgehead atoms. The number of rotatable bonds is 1. The third kappa shape index (κ3) is 1.15. The molecule has 0 amide bonds. The maximum absolute atomic E-state index is 12.6. The van der Waals surface area contributed by atoms with Crippen LogP contribution >= 0.6 is 0 Å². The highest BCUT2D eigenvalue weighted by atomic mass is 19.1. The average Bonchev–Trinajstić information content (AvgIpc) is 2.15. The molecule has 1 unspecified atom stereocenters. The van der Waals surface area contributed by atoms with E-state index in [0.29, 0.717) is 12.3 Å². The predicted octanol–water partition coefficient (Wildman–Crippen LogP) is 3.05. The van der Waals surface area contributed by atoms with Crippen LogP contribution in [0, 0.1) is 5.92 Å². The Bertz CT molecular complexity index is 136. The fourth-order valence-corrected chi connectivity index (χ4v) is 1.45. The van der Waals surface area contributed by atoms with Crippen molar-refractivity contribution in [3.8, 4) is 0 Å². The Morgan fingerprint density at radius 2 is 2.33 bits per heavy atom. The first kappa shape index (κ1) is 6.79. The Labute approximate surface area is 55.8 Å². The van der Waals surface area contributed by atoms with Gasteiger partial charge in [-0.3, -0.25) is 0 Å². The van der Waals surface area contributed by atoms with Gasteiger partial charge >= 0.3 is 0 Å². The Balaban J connectivity index is 2.63. The minimum atomic E-state index is 0.141. The van der Waals surface area contributed by atoms with Crippen LogP contribution in [0.2, 0.25) is 0 Å². The van der Waals surface area contributed by atoms with Crippen LogP contribution in [0.5, 0.6) is 0 Å². The van der Waals surface area contributed by atoms with Gasteiger partial charge in [0.1, 0.15) is 0 Å². The summed E-state index contributed by atoms with van der Waals surface area (Å²) in [4.78, 5) is 0. The molecule has 0 N–H and O–H groups in total. The highest BCUT2D eigenvalue weighted by Gasteiger charge is 2.19. The summed E-state index contributed by atoms with van der Waals surface area (Å²) in [6.07, 6.45) is 2.82. The monoisotopic (exact) mass is 128 g/mol. The largest absolute Gasteiger partial charge is 0.212 e. The summed E-state index contributed by atoms with van der Waals surface area (Å²) in [5.74, 6) is 0.687. The van der Waals surface area contributed by atoms with E-state index in [9.17, 15) is 4.39 Å². The van der Waals surface area contributed by atoms with Gasteiger partial charge < -0.3 is 0 Å². The lowest BCUT2D eigenvalue weighted by atomic mass is 10.0. The second-order valence-electron chi connectivity index (χ2n) is 2.73. The average molecular weight is 128 g/mol. The number of allylic oxidation sites excluding steroid dienone is 2. The molecule has 9 heavy (non-hydrogen) atoms. The van der Waals surface area contributed by atoms with Crippen molar-refractivity contribution in [3.63, 3.8) is 0 Å². The molecule has 0 fully saturated rings. The first-order valence-corrected chi connectivity index (χ1v) is 3.60. The van der Waals surface area contributed by atoms with E-state index in [4.69, 9.17) is 0 Å². The standard InChI is InChI=1S/C8H13F/c1-3-7-4-5-8(9)6(7)2/h7H,3-5H2,1-2H3. The Morgan fingerprint density at radius 1 is 1.67 bits per heavy atom. The molecule has 0 nitrogen and oxygen atoms in total. The first-order chi connectivity index (χ1) is 4.25. The molecule has 0 aromatic carbocycles. The van der Waals surface area contributed by atoms with Crippen LogP contribution in [-0.4, -0.2) is 0 Å². The molecule has 1 aliphatic carbocycles. The quantitative estimate of drug-likeness (QED) is 0.509. The Hall–Kier alpha value is -0.330. The smallest absolute Gasteiger partial charge is 0.0991 e. The van der Waals surface area contributed by atoms with Crippen molar-refractivity contribution < 1.29 is 4.39 Å². The van der Waals surface area contributed by atoms with Gasteiger partial charge in [0.25, 0.3) is 0 Å². The van der Waals surface area contributed by atoms with Crippen LogP contribution in [0.25, 0.3) is 0 Å². The number of halogens is 1. The zero-order chi connectivity index (χ0) is 6.85. The molecule has 0 spiro atoms. The summed E-state index contributed by atoms with van der Waals surface area (Å²) in [5, 5.41) is 0. The van der Waals surface area contributed by atoms with Gasteiger partial charge in [-0.15, -0.1) is 0 Å². The second kappa shape index (κ2) is 2.51. The lowest BCUT2D eigenvalue weighted by Gasteiger charge is -2.04. The first-order valence-electron chi connectivity index (χ1n) is 3.60. The second-order valence-corrected chi connectivity index (χ2v) is 2.73. The van der Waals surface area contributed by atoms with Crippen LogP contribution in [0.4, 0.5) is 4.39 Å². The van der Waals surface area contributed by atoms with Crippen molar-refractivity contribution in [1.29, 1.82) is 0 Å². The molecule has 1 aliphatic rings. The number of hydrogen-bond donors (Lipinski definition) is 0. The Kier molecular flexibility index (Phi) is 1.89. The lowest BCUT2D eigenvalue weighted by Crippen LogP contribution is -1.92. The minimum Gasteiger partial charge on any atom is -0.212 e. The molecule has 1 rings (SSSR count). The van der Waals surface area contributed by atoms with Crippen LogP contribution in [0.15, 0.2) is 11.4 Å². The lowest BCUT2D eigenvalue weighted by molar-refractivity contribution is 0.572. The third-order valence-corrected chi connectivity index (χ3v) is 2.25. The fourth-order valence-electron chi connectivity index (χ4n) is 1.45. The molecule has 52 valence electrons. The highest BCUT2D eigenvalue weighted by Crippen LogP contribution is 2.33. The van der Waals surface area contributed by atoms with Gasteiger partial charge in [0, 0.05) is 0 Å². The van der Waals surface area contributed by atoms with Crippen LogP contribution < -0.4 is 0 Å². The van der Waals surface area contributed by atoms with Crippen molar-refractivity contribution >= 4 is 0 Å². The normalized spacial score (nSPS) is 27.7. The van der Waals surface area contributed by atoms with E-state index in [1.165, 1.54) is 0 Å². The van der Waals surface area contributed by atoms with Crippen LogP contribution in [-0.2, 0) is 0 Å². The van der Waals surface area contributed by atoms with E-state index < -0.39 is 0 Å². The van der Waals surface area contributed by atoms with E-state index in [0.717, 1.165) is 18.4 Å².